The molecule has 0 fully saturated rings. The zero-order valence-corrected chi connectivity index (χ0v) is 19.8. The van der Waals surface area contributed by atoms with E-state index in [9.17, 15) is 13.2 Å². The summed E-state index contributed by atoms with van der Waals surface area (Å²) in [5, 5.41) is 0. The van der Waals surface area contributed by atoms with Gasteiger partial charge in [0.1, 0.15) is 5.75 Å². The normalized spacial score (nSPS) is 11.6. The van der Waals surface area contributed by atoms with Crippen molar-refractivity contribution in [3.63, 3.8) is 0 Å². The first kappa shape index (κ1) is 22.0. The summed E-state index contributed by atoms with van der Waals surface area (Å²) in [6.07, 6.45) is 0. The van der Waals surface area contributed by atoms with Crippen molar-refractivity contribution in [2.45, 2.75) is 21.6 Å². The molecule has 1 aromatic heterocycles. The van der Waals surface area contributed by atoms with Crippen molar-refractivity contribution in [1.82, 2.24) is 9.13 Å². The number of aryl methyl sites for hydroxylation is 3. The van der Waals surface area contributed by atoms with Gasteiger partial charge in [0.15, 0.2) is 0 Å². The molecule has 4 aromatic rings. The molecule has 0 amide bonds. The molecule has 1 heterocycles. The van der Waals surface area contributed by atoms with E-state index in [0.717, 1.165) is 16.2 Å². The molecule has 166 valence electrons. The number of sulfonamides is 1. The molecule has 32 heavy (non-hydrogen) atoms. The van der Waals surface area contributed by atoms with Crippen molar-refractivity contribution in [3.8, 4) is 5.75 Å². The minimum absolute atomic E-state index is 0.172. The summed E-state index contributed by atoms with van der Waals surface area (Å²) < 4.78 is 37.1. The maximum absolute atomic E-state index is 13.1. The lowest BCUT2D eigenvalue weighted by Crippen LogP contribution is -2.19. The van der Waals surface area contributed by atoms with Crippen LogP contribution in [0.2, 0.25) is 0 Å². The summed E-state index contributed by atoms with van der Waals surface area (Å²) in [5.41, 5.74) is 2.55. The highest BCUT2D eigenvalue weighted by Crippen LogP contribution is 2.37. The smallest absolute Gasteiger partial charge is 0.328 e. The minimum Gasteiger partial charge on any atom is -0.497 e. The summed E-state index contributed by atoms with van der Waals surface area (Å²) in [7, 11) is 1.15. The van der Waals surface area contributed by atoms with Gasteiger partial charge >= 0.3 is 5.69 Å². The van der Waals surface area contributed by atoms with Crippen LogP contribution in [0.5, 0.6) is 5.75 Å². The number of methoxy groups -OCH3 is 1. The van der Waals surface area contributed by atoms with E-state index in [2.05, 4.69) is 4.72 Å². The maximum Gasteiger partial charge on any atom is 0.328 e. The highest BCUT2D eigenvalue weighted by Gasteiger charge is 2.19. The molecular weight excluding hydrogens is 446 g/mol. The number of hydrogen-bond acceptors (Lipinski definition) is 5. The van der Waals surface area contributed by atoms with Gasteiger partial charge in [-0.1, -0.05) is 29.5 Å². The Morgan fingerprint density at radius 1 is 0.906 bits per heavy atom. The lowest BCUT2D eigenvalue weighted by Gasteiger charge is -2.14. The Morgan fingerprint density at radius 3 is 2.09 bits per heavy atom. The van der Waals surface area contributed by atoms with Crippen molar-refractivity contribution >= 4 is 38.5 Å². The fourth-order valence-electron chi connectivity index (χ4n) is 3.38. The molecule has 0 saturated carbocycles. The quantitative estimate of drug-likeness (QED) is 0.459. The number of fused-ring (bicyclic) bond motifs is 1. The van der Waals surface area contributed by atoms with Gasteiger partial charge < -0.3 is 4.74 Å². The number of benzene rings is 3. The van der Waals surface area contributed by atoms with Gasteiger partial charge in [-0.05, 0) is 55.5 Å². The summed E-state index contributed by atoms with van der Waals surface area (Å²) in [6.45, 7) is 1.90. The first-order valence-corrected chi connectivity index (χ1v) is 12.1. The van der Waals surface area contributed by atoms with Gasteiger partial charge in [0.25, 0.3) is 10.0 Å². The predicted octanol–water partition coefficient (Wildman–Crippen LogP) is 4.15. The molecule has 9 heteroatoms. The van der Waals surface area contributed by atoms with Crippen LogP contribution in [0.1, 0.15) is 5.56 Å². The average Bonchev–Trinajstić information content (AvgIpc) is 2.98. The molecule has 0 aliphatic carbocycles. The van der Waals surface area contributed by atoms with E-state index in [1.165, 1.54) is 16.3 Å². The number of aromatic nitrogens is 2. The lowest BCUT2D eigenvalue weighted by atomic mass is 10.2. The third-order valence-electron chi connectivity index (χ3n) is 5.24. The van der Waals surface area contributed by atoms with Gasteiger partial charge in [-0.3, -0.25) is 13.9 Å². The van der Waals surface area contributed by atoms with Gasteiger partial charge in [-0.2, -0.15) is 0 Å². The second-order valence-electron chi connectivity index (χ2n) is 7.43. The van der Waals surface area contributed by atoms with Crippen LogP contribution in [0.4, 0.5) is 5.69 Å². The van der Waals surface area contributed by atoms with Crippen LogP contribution in [-0.2, 0) is 24.1 Å². The largest absolute Gasteiger partial charge is 0.497 e. The van der Waals surface area contributed by atoms with E-state index in [-0.39, 0.29) is 10.6 Å². The minimum atomic E-state index is -3.82. The second kappa shape index (κ2) is 8.40. The molecule has 0 atom stereocenters. The number of nitrogens with zero attached hydrogens (tertiary/aromatic N) is 2. The maximum atomic E-state index is 13.1. The van der Waals surface area contributed by atoms with Crippen LogP contribution in [0.3, 0.4) is 0 Å². The van der Waals surface area contributed by atoms with Crippen molar-refractivity contribution in [3.05, 3.63) is 76.7 Å². The van der Waals surface area contributed by atoms with E-state index in [0.29, 0.717) is 21.6 Å². The summed E-state index contributed by atoms with van der Waals surface area (Å²) >= 11 is 1.40. The zero-order chi connectivity index (χ0) is 23.0. The number of nitrogens with one attached hydrogen (secondary N) is 1. The van der Waals surface area contributed by atoms with Crippen LogP contribution >= 0.6 is 11.8 Å². The molecular formula is C23H23N3O4S2. The van der Waals surface area contributed by atoms with Gasteiger partial charge in [-0.15, -0.1) is 0 Å². The highest BCUT2D eigenvalue weighted by molar-refractivity contribution is 7.99. The first-order valence-electron chi connectivity index (χ1n) is 9.80. The average molecular weight is 470 g/mol. The Hall–Kier alpha value is -3.17. The number of ether oxygens (including phenoxy) is 1. The number of rotatable bonds is 6. The monoisotopic (exact) mass is 469 g/mol. The fraction of sp³-hybridized carbons (Fsp3) is 0.174. The van der Waals surface area contributed by atoms with Crippen LogP contribution in [-0.4, -0.2) is 24.7 Å². The van der Waals surface area contributed by atoms with Gasteiger partial charge in [0.2, 0.25) is 0 Å². The van der Waals surface area contributed by atoms with E-state index in [1.807, 2.05) is 37.3 Å². The molecule has 3 aromatic carbocycles. The molecule has 7 nitrogen and oxygen atoms in total. The molecule has 0 radical (unpaired) electrons. The Balaban J connectivity index is 1.82. The van der Waals surface area contributed by atoms with Gasteiger partial charge in [0, 0.05) is 23.9 Å². The molecule has 0 saturated heterocycles. The van der Waals surface area contributed by atoms with Gasteiger partial charge in [-0.25, -0.2) is 13.2 Å². The third kappa shape index (κ3) is 4.13. The van der Waals surface area contributed by atoms with Crippen LogP contribution in [0, 0.1) is 6.92 Å². The Labute approximate surface area is 190 Å². The molecule has 4 rings (SSSR count). The van der Waals surface area contributed by atoms with E-state index in [1.54, 1.807) is 56.1 Å². The first-order chi connectivity index (χ1) is 15.2. The van der Waals surface area contributed by atoms with Gasteiger partial charge in [0.05, 0.1) is 28.7 Å². The van der Waals surface area contributed by atoms with Crippen molar-refractivity contribution in [2.24, 2.45) is 14.1 Å². The van der Waals surface area contributed by atoms with E-state index >= 15 is 0 Å². The number of hydrogen-bond donors (Lipinski definition) is 1. The van der Waals surface area contributed by atoms with Crippen molar-refractivity contribution < 1.29 is 13.2 Å². The third-order valence-corrected chi connectivity index (χ3v) is 7.68. The number of anilines is 1. The van der Waals surface area contributed by atoms with Crippen molar-refractivity contribution in [2.75, 3.05) is 11.8 Å². The molecule has 0 spiro atoms. The fourth-order valence-corrected chi connectivity index (χ4v) is 5.43. The lowest BCUT2D eigenvalue weighted by molar-refractivity contribution is 0.414. The second-order valence-corrected chi connectivity index (χ2v) is 10.2. The molecule has 0 aliphatic rings. The van der Waals surface area contributed by atoms with E-state index in [4.69, 9.17) is 4.74 Å². The molecule has 0 aliphatic heterocycles. The summed E-state index contributed by atoms with van der Waals surface area (Å²) in [4.78, 5) is 14.2. The topological polar surface area (TPSA) is 82.3 Å². The van der Waals surface area contributed by atoms with Crippen molar-refractivity contribution in [1.29, 1.82) is 0 Å². The standard InChI is InChI=1S/C23H23N3O4S2/c1-15-5-11-18(12-6-15)32(28,29)24-19-13-20-21(26(3)23(27)25(20)2)14-22(19)31-17-9-7-16(30-4)8-10-17/h5-14,24H,1-4H3. The zero-order valence-electron chi connectivity index (χ0n) is 18.1. The Bertz CT molecular complexity index is 1450. The van der Waals surface area contributed by atoms with Crippen LogP contribution in [0.25, 0.3) is 11.0 Å². The molecule has 0 unspecified atom stereocenters. The summed E-state index contributed by atoms with van der Waals surface area (Å²) in [6, 6.07) is 17.7. The van der Waals surface area contributed by atoms with E-state index < -0.39 is 10.0 Å². The Kier molecular flexibility index (Phi) is 5.79. The Morgan fingerprint density at radius 2 is 1.50 bits per heavy atom. The van der Waals surface area contributed by atoms with Crippen LogP contribution < -0.4 is 15.1 Å². The number of imidazole rings is 1. The highest BCUT2D eigenvalue weighted by atomic mass is 32.2. The van der Waals surface area contributed by atoms with Crippen LogP contribution in [0.15, 0.2) is 80.1 Å². The molecule has 1 N–H and O–H groups in total. The summed E-state index contributed by atoms with van der Waals surface area (Å²) in [5.74, 6) is 0.732. The SMILES string of the molecule is COc1ccc(Sc2cc3c(cc2NS(=O)(=O)c2ccc(C)cc2)n(C)c(=O)n3C)cc1. The predicted molar refractivity (Wildman–Crippen MR) is 127 cm³/mol. The molecule has 0 bridgehead atoms.